The summed E-state index contributed by atoms with van der Waals surface area (Å²) < 4.78 is 5.21. The third-order valence-electron chi connectivity index (χ3n) is 2.78. The van der Waals surface area contributed by atoms with Crippen LogP contribution in [0.4, 0.5) is 5.82 Å². The molecular weight excluding hydrogens is 222 g/mol. The van der Waals surface area contributed by atoms with Crippen LogP contribution in [0.3, 0.4) is 0 Å². The number of nitrogens with one attached hydrogen (secondary N) is 1. The zero-order valence-corrected chi connectivity index (χ0v) is 9.59. The highest BCUT2D eigenvalue weighted by Crippen LogP contribution is 2.14. The summed E-state index contributed by atoms with van der Waals surface area (Å²) in [5, 5.41) is 0. The number of amides is 1. The Morgan fingerprint density at radius 3 is 2.94 bits per heavy atom. The molecule has 0 aliphatic carbocycles. The average Bonchev–Trinajstić information content (AvgIpc) is 2.87. The molecule has 7 nitrogen and oxygen atoms in total. The molecule has 1 aliphatic rings. The van der Waals surface area contributed by atoms with E-state index in [1.165, 1.54) is 12.4 Å². The number of aromatic nitrogens is 2. The third-order valence-corrected chi connectivity index (χ3v) is 2.78. The van der Waals surface area contributed by atoms with Crippen LogP contribution in [-0.4, -0.2) is 47.1 Å². The van der Waals surface area contributed by atoms with Gasteiger partial charge in [-0.1, -0.05) is 0 Å². The monoisotopic (exact) mass is 237 g/mol. The molecule has 0 spiro atoms. The number of hydrogen-bond acceptors (Lipinski definition) is 6. The van der Waals surface area contributed by atoms with E-state index in [1.54, 1.807) is 12.0 Å². The minimum absolute atomic E-state index is 0.122. The lowest BCUT2D eigenvalue weighted by atomic mass is 10.3. The zero-order chi connectivity index (χ0) is 12.3. The van der Waals surface area contributed by atoms with Crippen molar-refractivity contribution in [1.29, 1.82) is 0 Å². The van der Waals surface area contributed by atoms with Gasteiger partial charge in [-0.25, -0.2) is 15.8 Å². The first-order valence-corrected chi connectivity index (χ1v) is 5.35. The van der Waals surface area contributed by atoms with Crippen LogP contribution in [0.15, 0.2) is 12.4 Å². The largest absolute Gasteiger partial charge is 0.380 e. The molecule has 1 amide bonds. The number of anilines is 1. The van der Waals surface area contributed by atoms with Crippen molar-refractivity contribution in [2.45, 2.75) is 12.5 Å². The van der Waals surface area contributed by atoms with Crippen molar-refractivity contribution in [3.8, 4) is 0 Å². The Balaban J connectivity index is 2.04. The van der Waals surface area contributed by atoms with Gasteiger partial charge >= 0.3 is 0 Å². The van der Waals surface area contributed by atoms with E-state index in [0.717, 1.165) is 6.42 Å². The van der Waals surface area contributed by atoms with E-state index in [-0.39, 0.29) is 12.0 Å². The van der Waals surface area contributed by atoms with Gasteiger partial charge in [0.25, 0.3) is 5.91 Å². The summed E-state index contributed by atoms with van der Waals surface area (Å²) in [6.45, 7) is 1.30. The highest BCUT2D eigenvalue weighted by atomic mass is 16.5. The number of carbonyl (C=O) groups is 1. The van der Waals surface area contributed by atoms with E-state index in [1.807, 2.05) is 0 Å². The van der Waals surface area contributed by atoms with Crippen LogP contribution in [0.1, 0.15) is 16.9 Å². The Morgan fingerprint density at radius 1 is 1.59 bits per heavy atom. The summed E-state index contributed by atoms with van der Waals surface area (Å²) in [4.78, 5) is 21.7. The van der Waals surface area contributed by atoms with Gasteiger partial charge in [-0.05, 0) is 6.42 Å². The topological polar surface area (TPSA) is 93.4 Å². The maximum Gasteiger partial charge on any atom is 0.274 e. The second-order valence-electron chi connectivity index (χ2n) is 3.83. The van der Waals surface area contributed by atoms with Gasteiger partial charge < -0.3 is 15.1 Å². The smallest absolute Gasteiger partial charge is 0.274 e. The van der Waals surface area contributed by atoms with Gasteiger partial charge in [-0.15, -0.1) is 0 Å². The highest BCUT2D eigenvalue weighted by Gasteiger charge is 2.27. The van der Waals surface area contributed by atoms with Crippen LogP contribution in [0, 0.1) is 0 Å². The number of ether oxygens (including phenoxy) is 1. The van der Waals surface area contributed by atoms with Gasteiger partial charge in [0, 0.05) is 20.2 Å². The van der Waals surface area contributed by atoms with Gasteiger partial charge in [0.15, 0.2) is 5.82 Å². The molecule has 1 fully saturated rings. The molecule has 17 heavy (non-hydrogen) atoms. The van der Waals surface area contributed by atoms with Crippen LogP contribution in [-0.2, 0) is 4.74 Å². The Hall–Kier alpha value is -1.73. The Bertz CT molecular complexity index is 394. The van der Waals surface area contributed by atoms with Crippen LogP contribution in [0.2, 0.25) is 0 Å². The number of nitrogen functional groups attached to an aromatic ring is 1. The Labute approximate surface area is 98.9 Å². The number of rotatable bonds is 3. The maximum absolute atomic E-state index is 12.0. The number of hydrogen-bond donors (Lipinski definition) is 2. The van der Waals surface area contributed by atoms with Crippen molar-refractivity contribution < 1.29 is 9.53 Å². The Kier molecular flexibility index (Phi) is 3.50. The van der Waals surface area contributed by atoms with E-state index in [0.29, 0.717) is 24.6 Å². The number of carbonyl (C=O) groups excluding carboxylic acids is 1. The van der Waals surface area contributed by atoms with Crippen molar-refractivity contribution in [2.24, 2.45) is 5.84 Å². The molecule has 0 saturated carbocycles. The fourth-order valence-corrected chi connectivity index (χ4v) is 1.78. The Morgan fingerprint density at radius 2 is 2.41 bits per heavy atom. The molecule has 1 aromatic heterocycles. The average molecular weight is 237 g/mol. The highest BCUT2D eigenvalue weighted by molar-refractivity contribution is 5.92. The fourth-order valence-electron chi connectivity index (χ4n) is 1.78. The molecule has 2 rings (SSSR count). The molecule has 2 heterocycles. The SMILES string of the molecule is COC1CCN(C(=O)c2cnc(NN)cn2)C1. The van der Waals surface area contributed by atoms with Crippen molar-refractivity contribution in [3.63, 3.8) is 0 Å². The molecule has 92 valence electrons. The molecule has 0 aromatic carbocycles. The molecular formula is C10H15N5O2. The zero-order valence-electron chi connectivity index (χ0n) is 9.59. The van der Waals surface area contributed by atoms with E-state index in [4.69, 9.17) is 10.6 Å². The second-order valence-corrected chi connectivity index (χ2v) is 3.83. The van der Waals surface area contributed by atoms with Crippen LogP contribution in [0.5, 0.6) is 0 Å². The molecule has 1 aliphatic heterocycles. The number of likely N-dealkylation sites (tertiary alicyclic amines) is 1. The van der Waals surface area contributed by atoms with E-state index >= 15 is 0 Å². The van der Waals surface area contributed by atoms with Crippen molar-refractivity contribution in [3.05, 3.63) is 18.1 Å². The summed E-state index contributed by atoms with van der Waals surface area (Å²) >= 11 is 0. The van der Waals surface area contributed by atoms with Crippen LogP contribution in [0.25, 0.3) is 0 Å². The number of nitrogens with two attached hydrogens (primary N) is 1. The predicted octanol–water partition coefficient (Wildman–Crippen LogP) is -0.377. The summed E-state index contributed by atoms with van der Waals surface area (Å²) in [5.74, 6) is 5.47. The van der Waals surface area contributed by atoms with Gasteiger partial charge in [-0.3, -0.25) is 4.79 Å². The lowest BCUT2D eigenvalue weighted by Crippen LogP contribution is -2.30. The molecule has 1 aromatic rings. The fraction of sp³-hybridized carbons (Fsp3) is 0.500. The lowest BCUT2D eigenvalue weighted by Gasteiger charge is -2.15. The molecule has 1 saturated heterocycles. The first-order valence-electron chi connectivity index (χ1n) is 5.35. The van der Waals surface area contributed by atoms with E-state index in [9.17, 15) is 4.79 Å². The number of nitrogens with zero attached hydrogens (tertiary/aromatic N) is 3. The van der Waals surface area contributed by atoms with Gasteiger partial charge in [-0.2, -0.15) is 0 Å². The molecule has 0 bridgehead atoms. The van der Waals surface area contributed by atoms with Crippen molar-refractivity contribution >= 4 is 11.7 Å². The standard InChI is InChI=1S/C10H15N5O2/c1-17-7-2-3-15(6-7)10(16)8-4-13-9(14-11)5-12-8/h4-5,7H,2-3,6,11H2,1H3,(H,13,14). The summed E-state index contributed by atoms with van der Waals surface area (Å²) in [7, 11) is 1.65. The molecule has 7 heteroatoms. The quantitative estimate of drug-likeness (QED) is 0.550. The van der Waals surface area contributed by atoms with Gasteiger partial charge in [0.2, 0.25) is 0 Å². The summed E-state index contributed by atoms with van der Waals surface area (Å²) in [5.41, 5.74) is 2.68. The van der Waals surface area contributed by atoms with Crippen molar-refractivity contribution in [1.82, 2.24) is 14.9 Å². The van der Waals surface area contributed by atoms with Gasteiger partial charge in [0.05, 0.1) is 18.5 Å². The predicted molar refractivity (Wildman–Crippen MR) is 61.2 cm³/mol. The van der Waals surface area contributed by atoms with E-state index in [2.05, 4.69) is 15.4 Å². The first kappa shape index (κ1) is 11.7. The molecule has 1 atom stereocenters. The first-order chi connectivity index (χ1) is 8.24. The van der Waals surface area contributed by atoms with Crippen molar-refractivity contribution in [2.75, 3.05) is 25.6 Å². The normalized spacial score (nSPS) is 19.4. The minimum atomic E-state index is -0.124. The van der Waals surface area contributed by atoms with Crippen LogP contribution >= 0.6 is 0 Å². The summed E-state index contributed by atoms with van der Waals surface area (Å²) in [6.07, 6.45) is 3.82. The van der Waals surface area contributed by atoms with E-state index < -0.39 is 0 Å². The third kappa shape index (κ3) is 2.51. The molecule has 1 unspecified atom stereocenters. The van der Waals surface area contributed by atoms with Crippen LogP contribution < -0.4 is 11.3 Å². The lowest BCUT2D eigenvalue weighted by molar-refractivity contribution is 0.0718. The minimum Gasteiger partial charge on any atom is -0.380 e. The maximum atomic E-state index is 12.0. The number of hydrazine groups is 1. The molecule has 3 N–H and O–H groups in total. The molecule has 0 radical (unpaired) electrons. The summed E-state index contributed by atoms with van der Waals surface area (Å²) in [6, 6.07) is 0. The number of methoxy groups -OCH3 is 1. The second kappa shape index (κ2) is 5.07. The van der Waals surface area contributed by atoms with Gasteiger partial charge in [0.1, 0.15) is 5.69 Å².